The number of thioether (sulfide) groups is 1. The number of fused-ring (bicyclic) bond motifs is 1. The number of benzene rings is 1. The number of nitrogens with one attached hydrogen (secondary N) is 1. The summed E-state index contributed by atoms with van der Waals surface area (Å²) in [7, 11) is 1.61. The largest absolute Gasteiger partial charge is 0.496 e. The number of nitrogens with zero attached hydrogens (tertiary/aromatic N) is 1. The van der Waals surface area contributed by atoms with Gasteiger partial charge in [0.25, 0.3) is 0 Å². The fraction of sp³-hybridized carbons (Fsp3) is 0.278. The smallest absolute Gasteiger partial charge is 0.418 e. The number of aromatic amines is 1. The van der Waals surface area contributed by atoms with Gasteiger partial charge in [-0.2, -0.15) is 13.2 Å². The van der Waals surface area contributed by atoms with Gasteiger partial charge in [-0.1, -0.05) is 12.1 Å². The van der Waals surface area contributed by atoms with E-state index in [1.807, 2.05) is 13.8 Å². The van der Waals surface area contributed by atoms with Gasteiger partial charge in [-0.15, -0.1) is 11.8 Å². The van der Waals surface area contributed by atoms with Crippen LogP contribution in [0.15, 0.2) is 35.5 Å². The maximum atomic E-state index is 13.1. The van der Waals surface area contributed by atoms with Gasteiger partial charge in [-0.3, -0.25) is 4.98 Å². The van der Waals surface area contributed by atoms with Crippen LogP contribution in [-0.4, -0.2) is 17.1 Å². The van der Waals surface area contributed by atoms with E-state index in [1.165, 1.54) is 17.8 Å². The van der Waals surface area contributed by atoms with Crippen LogP contribution in [0.1, 0.15) is 22.4 Å². The summed E-state index contributed by atoms with van der Waals surface area (Å²) in [5.74, 6) is 1.33. The van der Waals surface area contributed by atoms with Crippen LogP contribution >= 0.6 is 11.8 Å². The first-order valence-corrected chi connectivity index (χ1v) is 8.60. The predicted molar refractivity (Wildman–Crippen MR) is 93.1 cm³/mol. The Morgan fingerprint density at radius 3 is 2.68 bits per heavy atom. The molecule has 0 bridgehead atoms. The predicted octanol–water partition coefficient (Wildman–Crippen LogP) is 5.50. The molecule has 0 saturated heterocycles. The number of rotatable bonds is 4. The van der Waals surface area contributed by atoms with Crippen LogP contribution in [0, 0.1) is 13.8 Å². The highest BCUT2D eigenvalue weighted by Gasteiger charge is 2.33. The van der Waals surface area contributed by atoms with E-state index in [1.54, 1.807) is 25.4 Å². The Labute approximate surface area is 147 Å². The van der Waals surface area contributed by atoms with Gasteiger partial charge >= 0.3 is 6.18 Å². The van der Waals surface area contributed by atoms with E-state index in [0.717, 1.165) is 28.6 Å². The lowest BCUT2D eigenvalue weighted by atomic mass is 10.1. The van der Waals surface area contributed by atoms with Crippen LogP contribution in [0.3, 0.4) is 0 Å². The molecule has 0 saturated carbocycles. The molecule has 2 heterocycles. The van der Waals surface area contributed by atoms with E-state index in [9.17, 15) is 13.2 Å². The Bertz CT molecular complexity index is 919. The minimum Gasteiger partial charge on any atom is -0.496 e. The summed E-state index contributed by atoms with van der Waals surface area (Å²) in [4.78, 5) is 7.30. The minimum atomic E-state index is -4.38. The number of halogens is 3. The highest BCUT2D eigenvalue weighted by Crippen LogP contribution is 2.36. The molecule has 132 valence electrons. The van der Waals surface area contributed by atoms with Gasteiger partial charge in [-0.05, 0) is 26.0 Å². The Morgan fingerprint density at radius 1 is 1.24 bits per heavy atom. The molecule has 7 heteroatoms. The van der Waals surface area contributed by atoms with Gasteiger partial charge in [-0.25, -0.2) is 0 Å². The lowest BCUT2D eigenvalue weighted by Gasteiger charge is -2.11. The van der Waals surface area contributed by atoms with Crippen molar-refractivity contribution in [3.63, 3.8) is 0 Å². The lowest BCUT2D eigenvalue weighted by molar-refractivity contribution is -0.136. The quantitative estimate of drug-likeness (QED) is 0.620. The molecule has 0 aliphatic heterocycles. The highest BCUT2D eigenvalue weighted by atomic mass is 32.2. The topological polar surface area (TPSA) is 37.9 Å². The second-order valence-electron chi connectivity index (χ2n) is 5.74. The number of ether oxygens (including phenoxy) is 1. The first-order chi connectivity index (χ1) is 11.8. The molecular weight excluding hydrogens is 349 g/mol. The molecule has 0 aliphatic rings. The molecule has 0 aliphatic carbocycles. The van der Waals surface area contributed by atoms with E-state index >= 15 is 0 Å². The zero-order chi connectivity index (χ0) is 18.2. The molecule has 0 atom stereocenters. The average Bonchev–Trinajstić information content (AvgIpc) is 2.96. The molecule has 1 N–H and O–H groups in total. The standard InChI is InChI=1S/C18H17F3N2OS/c1-10-8-22-14(11(2)17(10)24-3)9-25-15-7-12-5-4-6-13(16(12)23-15)18(19,20)21/h4-8,23H,9H2,1-3H3. The second-order valence-corrected chi connectivity index (χ2v) is 6.75. The zero-order valence-corrected chi connectivity index (χ0v) is 14.8. The van der Waals surface area contributed by atoms with E-state index in [4.69, 9.17) is 4.74 Å². The molecule has 1 aromatic carbocycles. The van der Waals surface area contributed by atoms with Gasteiger partial charge < -0.3 is 9.72 Å². The van der Waals surface area contributed by atoms with Gasteiger partial charge in [0, 0.05) is 28.5 Å². The monoisotopic (exact) mass is 366 g/mol. The van der Waals surface area contributed by atoms with Gasteiger partial charge in [0.1, 0.15) is 5.75 Å². The first-order valence-electron chi connectivity index (χ1n) is 7.62. The Hall–Kier alpha value is -2.15. The van der Waals surface area contributed by atoms with Crippen LogP contribution in [0.4, 0.5) is 13.2 Å². The van der Waals surface area contributed by atoms with Crippen molar-refractivity contribution in [3.05, 3.63) is 52.8 Å². The third-order valence-corrected chi connectivity index (χ3v) is 5.00. The van der Waals surface area contributed by atoms with Crippen molar-refractivity contribution in [2.45, 2.75) is 30.8 Å². The minimum absolute atomic E-state index is 0.115. The fourth-order valence-electron chi connectivity index (χ4n) is 2.81. The third kappa shape index (κ3) is 3.46. The molecule has 0 spiro atoms. The van der Waals surface area contributed by atoms with Gasteiger partial charge in [0.2, 0.25) is 0 Å². The van der Waals surface area contributed by atoms with Crippen LogP contribution in [-0.2, 0) is 11.9 Å². The maximum absolute atomic E-state index is 13.1. The van der Waals surface area contributed by atoms with Gasteiger partial charge in [0.05, 0.1) is 28.9 Å². The third-order valence-electron chi connectivity index (χ3n) is 4.05. The van der Waals surface area contributed by atoms with Crippen LogP contribution < -0.4 is 4.74 Å². The Kier molecular flexibility index (Phi) is 4.69. The number of H-pyrrole nitrogens is 1. The van der Waals surface area contributed by atoms with Crippen molar-refractivity contribution < 1.29 is 17.9 Å². The van der Waals surface area contributed by atoms with Crippen molar-refractivity contribution in [1.29, 1.82) is 0 Å². The number of alkyl halides is 3. The van der Waals surface area contributed by atoms with Crippen molar-refractivity contribution in [3.8, 4) is 5.75 Å². The number of aromatic nitrogens is 2. The van der Waals surface area contributed by atoms with Crippen molar-refractivity contribution in [2.75, 3.05) is 7.11 Å². The van der Waals surface area contributed by atoms with E-state index in [-0.39, 0.29) is 5.52 Å². The van der Waals surface area contributed by atoms with E-state index < -0.39 is 11.7 Å². The summed E-state index contributed by atoms with van der Waals surface area (Å²) in [6.45, 7) is 3.85. The first kappa shape index (κ1) is 17.7. The van der Waals surface area contributed by atoms with Crippen LogP contribution in [0.25, 0.3) is 10.9 Å². The van der Waals surface area contributed by atoms with E-state index in [0.29, 0.717) is 16.2 Å². The number of methoxy groups -OCH3 is 1. The normalized spacial score (nSPS) is 11.9. The zero-order valence-electron chi connectivity index (χ0n) is 14.0. The van der Waals surface area contributed by atoms with Crippen molar-refractivity contribution in [1.82, 2.24) is 9.97 Å². The van der Waals surface area contributed by atoms with Crippen molar-refractivity contribution in [2.24, 2.45) is 0 Å². The number of pyridine rings is 1. The summed E-state index contributed by atoms with van der Waals surface area (Å²) < 4.78 is 44.7. The molecular formula is C18H17F3N2OS. The highest BCUT2D eigenvalue weighted by molar-refractivity contribution is 7.98. The summed E-state index contributed by atoms with van der Waals surface area (Å²) in [6.07, 6.45) is -2.64. The summed E-state index contributed by atoms with van der Waals surface area (Å²) in [6, 6.07) is 5.91. The number of hydrogen-bond donors (Lipinski definition) is 1. The molecule has 0 fully saturated rings. The second kappa shape index (κ2) is 6.63. The van der Waals surface area contributed by atoms with Gasteiger partial charge in [0.15, 0.2) is 0 Å². The SMILES string of the molecule is COc1c(C)cnc(CSc2cc3cccc(C(F)(F)F)c3[nH]2)c1C. The number of para-hydroxylation sites is 1. The fourth-order valence-corrected chi connectivity index (χ4v) is 3.77. The molecule has 3 rings (SSSR count). The molecule has 3 aromatic rings. The van der Waals surface area contributed by atoms with Crippen molar-refractivity contribution >= 4 is 22.7 Å². The van der Waals surface area contributed by atoms with E-state index in [2.05, 4.69) is 9.97 Å². The summed E-state index contributed by atoms with van der Waals surface area (Å²) >= 11 is 1.42. The Morgan fingerprint density at radius 2 is 2.00 bits per heavy atom. The molecule has 0 unspecified atom stereocenters. The average molecular weight is 366 g/mol. The lowest BCUT2D eigenvalue weighted by Crippen LogP contribution is -2.05. The molecule has 2 aromatic heterocycles. The van der Waals surface area contributed by atoms with Crippen LogP contribution in [0.5, 0.6) is 5.75 Å². The summed E-state index contributed by atoms with van der Waals surface area (Å²) in [5, 5.41) is 1.22. The van der Waals surface area contributed by atoms with Crippen LogP contribution in [0.2, 0.25) is 0 Å². The summed E-state index contributed by atoms with van der Waals surface area (Å²) in [5.41, 5.74) is 2.21. The molecule has 0 radical (unpaired) electrons. The molecule has 25 heavy (non-hydrogen) atoms. The molecule has 3 nitrogen and oxygen atoms in total. The number of hydrogen-bond acceptors (Lipinski definition) is 3. The maximum Gasteiger partial charge on any atom is 0.418 e. The Balaban J connectivity index is 1.88. The molecule has 0 amide bonds. The number of aryl methyl sites for hydroxylation is 1.